The first kappa shape index (κ1) is 15.5. The van der Waals surface area contributed by atoms with Crippen molar-refractivity contribution in [2.24, 2.45) is 5.84 Å². The van der Waals surface area contributed by atoms with Gasteiger partial charge in [-0.05, 0) is 35.4 Å². The minimum absolute atomic E-state index is 0.142. The summed E-state index contributed by atoms with van der Waals surface area (Å²) in [6, 6.07) is 6.31. The number of likely N-dealkylation sites (N-methyl/N-ethyl adjacent to an activating group) is 1. The Morgan fingerprint density at radius 2 is 2.00 bits per heavy atom. The molecule has 0 saturated carbocycles. The fraction of sp³-hybridized carbons (Fsp3) is 0.533. The molecule has 0 aliphatic heterocycles. The van der Waals surface area contributed by atoms with Crippen molar-refractivity contribution in [3.8, 4) is 0 Å². The molecule has 0 aliphatic carbocycles. The van der Waals surface area contributed by atoms with Crippen LogP contribution in [0.15, 0.2) is 18.2 Å². The summed E-state index contributed by atoms with van der Waals surface area (Å²) in [6.07, 6.45) is 0.833. The first-order chi connectivity index (χ1) is 8.75. The van der Waals surface area contributed by atoms with Crippen LogP contribution in [0.4, 0.5) is 4.79 Å². The van der Waals surface area contributed by atoms with Gasteiger partial charge in [-0.3, -0.25) is 5.43 Å². The van der Waals surface area contributed by atoms with Gasteiger partial charge < -0.3 is 4.90 Å². The summed E-state index contributed by atoms with van der Waals surface area (Å²) >= 11 is 0. The predicted octanol–water partition coefficient (Wildman–Crippen LogP) is 2.35. The van der Waals surface area contributed by atoms with Gasteiger partial charge in [0.1, 0.15) is 0 Å². The zero-order valence-electron chi connectivity index (χ0n) is 12.6. The lowest BCUT2D eigenvalue weighted by Gasteiger charge is -2.22. The van der Waals surface area contributed by atoms with E-state index in [-0.39, 0.29) is 11.4 Å². The smallest absolute Gasteiger partial charge is 0.326 e. The second kappa shape index (κ2) is 6.06. The zero-order valence-corrected chi connectivity index (χ0v) is 12.6. The quantitative estimate of drug-likeness (QED) is 0.499. The maximum atomic E-state index is 11.3. The first-order valence-electron chi connectivity index (χ1n) is 6.57. The Morgan fingerprint density at radius 3 is 2.53 bits per heavy atom. The fourth-order valence-electron chi connectivity index (χ4n) is 1.91. The monoisotopic (exact) mass is 263 g/mol. The Hall–Kier alpha value is -1.55. The summed E-state index contributed by atoms with van der Waals surface area (Å²) in [5, 5.41) is 0. The maximum absolute atomic E-state index is 11.3. The second-order valence-electron chi connectivity index (χ2n) is 6.01. The molecule has 1 rings (SSSR count). The molecule has 19 heavy (non-hydrogen) atoms. The van der Waals surface area contributed by atoms with Crippen LogP contribution in [0, 0.1) is 6.92 Å². The molecule has 0 radical (unpaired) electrons. The van der Waals surface area contributed by atoms with E-state index in [9.17, 15) is 4.79 Å². The molecule has 0 atom stereocenters. The van der Waals surface area contributed by atoms with E-state index in [1.54, 1.807) is 11.9 Å². The Balaban J connectivity index is 2.81. The molecule has 0 unspecified atom stereocenters. The van der Waals surface area contributed by atoms with Crippen LogP contribution in [0.25, 0.3) is 0 Å². The number of nitrogens with two attached hydrogens (primary N) is 1. The molecular weight excluding hydrogens is 238 g/mol. The second-order valence-corrected chi connectivity index (χ2v) is 6.01. The molecule has 3 N–H and O–H groups in total. The molecule has 0 aliphatic rings. The number of carbonyl (C=O) groups excluding carboxylic acids is 1. The topological polar surface area (TPSA) is 58.4 Å². The Kier molecular flexibility index (Phi) is 4.95. The van der Waals surface area contributed by atoms with E-state index < -0.39 is 0 Å². The normalized spacial score (nSPS) is 11.3. The highest BCUT2D eigenvalue weighted by Crippen LogP contribution is 2.24. The molecule has 0 spiro atoms. The molecular formula is C15H25N3O. The number of aryl methyl sites for hydroxylation is 1. The standard InChI is InChI=1S/C15H25N3O/c1-11-6-7-13(15(2,3)4)10-12(11)8-9-18(5)14(19)17-16/h6-7,10H,8-9,16H2,1-5H3,(H,17,19). The molecule has 0 heterocycles. The van der Waals surface area contributed by atoms with Gasteiger partial charge in [0.25, 0.3) is 0 Å². The largest absolute Gasteiger partial charge is 0.331 e. The Labute approximate surface area is 115 Å². The summed E-state index contributed by atoms with van der Waals surface area (Å²) in [4.78, 5) is 12.9. The highest BCUT2D eigenvalue weighted by atomic mass is 16.2. The molecule has 0 saturated heterocycles. The van der Waals surface area contributed by atoms with E-state index in [4.69, 9.17) is 5.84 Å². The third-order valence-electron chi connectivity index (χ3n) is 3.40. The molecule has 4 heteroatoms. The summed E-state index contributed by atoms with van der Waals surface area (Å²) in [5.41, 5.74) is 6.14. The Morgan fingerprint density at radius 1 is 1.37 bits per heavy atom. The van der Waals surface area contributed by atoms with E-state index in [0.717, 1.165) is 6.42 Å². The van der Waals surface area contributed by atoms with E-state index in [1.165, 1.54) is 16.7 Å². The number of benzene rings is 1. The molecule has 0 fully saturated rings. The molecule has 0 bridgehead atoms. The average molecular weight is 263 g/mol. The van der Waals surface area contributed by atoms with Crippen molar-refractivity contribution in [1.82, 2.24) is 10.3 Å². The van der Waals surface area contributed by atoms with Crippen molar-refractivity contribution in [2.45, 2.75) is 39.5 Å². The van der Waals surface area contributed by atoms with E-state index in [0.29, 0.717) is 6.54 Å². The molecule has 106 valence electrons. The van der Waals surface area contributed by atoms with Crippen LogP contribution < -0.4 is 11.3 Å². The van der Waals surface area contributed by atoms with Crippen LogP contribution in [0.5, 0.6) is 0 Å². The fourth-order valence-corrected chi connectivity index (χ4v) is 1.91. The van der Waals surface area contributed by atoms with Gasteiger partial charge in [0.15, 0.2) is 0 Å². The number of carbonyl (C=O) groups is 1. The van der Waals surface area contributed by atoms with Gasteiger partial charge in [-0.25, -0.2) is 10.6 Å². The van der Waals surface area contributed by atoms with Gasteiger partial charge in [-0.2, -0.15) is 0 Å². The first-order valence-corrected chi connectivity index (χ1v) is 6.57. The van der Waals surface area contributed by atoms with Crippen molar-refractivity contribution in [3.63, 3.8) is 0 Å². The van der Waals surface area contributed by atoms with E-state index >= 15 is 0 Å². The molecule has 1 aromatic carbocycles. The Bertz CT molecular complexity index is 449. The summed E-state index contributed by atoms with van der Waals surface area (Å²) in [6.45, 7) is 9.36. The minimum atomic E-state index is -0.260. The van der Waals surface area contributed by atoms with Gasteiger partial charge in [-0.15, -0.1) is 0 Å². The van der Waals surface area contributed by atoms with E-state index in [2.05, 4.69) is 51.3 Å². The third kappa shape index (κ3) is 4.24. The molecule has 2 amide bonds. The van der Waals surface area contributed by atoms with Crippen molar-refractivity contribution in [1.29, 1.82) is 0 Å². The summed E-state index contributed by atoms with van der Waals surface area (Å²) in [5.74, 6) is 5.11. The number of nitrogens with one attached hydrogen (secondary N) is 1. The van der Waals surface area contributed by atoms with Gasteiger partial charge in [0.05, 0.1) is 0 Å². The maximum Gasteiger partial charge on any atom is 0.331 e. The van der Waals surface area contributed by atoms with Crippen LogP contribution in [0.1, 0.15) is 37.5 Å². The van der Waals surface area contributed by atoms with Gasteiger partial charge >= 0.3 is 6.03 Å². The minimum Gasteiger partial charge on any atom is -0.326 e. The summed E-state index contributed by atoms with van der Waals surface area (Å²) in [7, 11) is 1.74. The number of hydrogen-bond acceptors (Lipinski definition) is 2. The number of hydrazine groups is 1. The number of nitrogens with zero attached hydrogens (tertiary/aromatic N) is 1. The molecule has 4 nitrogen and oxygen atoms in total. The van der Waals surface area contributed by atoms with Crippen molar-refractivity contribution >= 4 is 6.03 Å². The van der Waals surface area contributed by atoms with Gasteiger partial charge in [0, 0.05) is 13.6 Å². The third-order valence-corrected chi connectivity index (χ3v) is 3.40. The lowest BCUT2D eigenvalue weighted by atomic mass is 9.85. The zero-order chi connectivity index (χ0) is 14.6. The van der Waals surface area contributed by atoms with Gasteiger partial charge in [-0.1, -0.05) is 39.0 Å². The average Bonchev–Trinajstić information content (AvgIpc) is 2.35. The lowest BCUT2D eigenvalue weighted by Crippen LogP contribution is -2.42. The molecule has 1 aromatic rings. The number of rotatable bonds is 3. The van der Waals surface area contributed by atoms with E-state index in [1.807, 2.05) is 0 Å². The number of urea groups is 1. The lowest BCUT2D eigenvalue weighted by molar-refractivity contribution is 0.209. The van der Waals surface area contributed by atoms with Crippen molar-refractivity contribution in [2.75, 3.05) is 13.6 Å². The van der Waals surface area contributed by atoms with Crippen LogP contribution in [0.3, 0.4) is 0 Å². The number of hydrogen-bond donors (Lipinski definition) is 2. The highest BCUT2D eigenvalue weighted by Gasteiger charge is 2.15. The van der Waals surface area contributed by atoms with Crippen molar-refractivity contribution in [3.05, 3.63) is 34.9 Å². The highest BCUT2D eigenvalue weighted by molar-refractivity contribution is 5.73. The van der Waals surface area contributed by atoms with Crippen LogP contribution in [-0.2, 0) is 11.8 Å². The van der Waals surface area contributed by atoms with Crippen LogP contribution in [-0.4, -0.2) is 24.5 Å². The number of amides is 2. The van der Waals surface area contributed by atoms with Gasteiger partial charge in [0.2, 0.25) is 0 Å². The van der Waals surface area contributed by atoms with Crippen LogP contribution >= 0.6 is 0 Å². The van der Waals surface area contributed by atoms with Crippen LogP contribution in [0.2, 0.25) is 0 Å². The van der Waals surface area contributed by atoms with Crippen molar-refractivity contribution < 1.29 is 4.79 Å². The summed E-state index contributed by atoms with van der Waals surface area (Å²) < 4.78 is 0. The molecule has 0 aromatic heterocycles. The SMILES string of the molecule is Cc1ccc(C(C)(C)C)cc1CCN(C)C(=O)NN. The predicted molar refractivity (Wildman–Crippen MR) is 78.9 cm³/mol.